The lowest BCUT2D eigenvalue weighted by atomic mass is 10.0. The van der Waals surface area contributed by atoms with E-state index >= 15 is 0 Å². The second kappa shape index (κ2) is 11.4. The van der Waals surface area contributed by atoms with Crippen LogP contribution in [0.3, 0.4) is 0 Å². The first-order chi connectivity index (χ1) is 15.5. The van der Waals surface area contributed by atoms with Crippen molar-refractivity contribution in [3.05, 3.63) is 63.7 Å². The van der Waals surface area contributed by atoms with E-state index in [0.29, 0.717) is 6.61 Å². The van der Waals surface area contributed by atoms with Crippen molar-refractivity contribution in [2.24, 2.45) is 0 Å². The minimum atomic E-state index is -0.583. The second-order valence-electron chi connectivity index (χ2n) is 7.63. The van der Waals surface area contributed by atoms with Gasteiger partial charge in [0.25, 0.3) is 11.6 Å². The van der Waals surface area contributed by atoms with Crippen LogP contribution in [-0.2, 0) is 11.3 Å². The predicted molar refractivity (Wildman–Crippen MR) is 119 cm³/mol. The molecule has 3 rings (SSSR count). The SMILES string of the molecule is COCCOc1cc([N+](=O)[O-])c(C(=O)NC2CCN(Cc3ccccc3)CC2)cc1OC. The minimum Gasteiger partial charge on any atom is -0.493 e. The Morgan fingerprint density at radius 2 is 1.84 bits per heavy atom. The zero-order valence-corrected chi connectivity index (χ0v) is 18.4. The number of benzene rings is 2. The Morgan fingerprint density at radius 1 is 1.12 bits per heavy atom. The second-order valence-corrected chi connectivity index (χ2v) is 7.63. The maximum Gasteiger partial charge on any atom is 0.286 e. The van der Waals surface area contributed by atoms with Crippen molar-refractivity contribution in [2.75, 3.05) is 40.5 Å². The van der Waals surface area contributed by atoms with Gasteiger partial charge in [0.15, 0.2) is 11.5 Å². The molecule has 1 N–H and O–H groups in total. The molecule has 1 saturated heterocycles. The van der Waals surface area contributed by atoms with Gasteiger partial charge in [-0.25, -0.2) is 0 Å². The molecule has 0 unspecified atom stereocenters. The fourth-order valence-corrected chi connectivity index (χ4v) is 3.73. The molecule has 0 aromatic heterocycles. The molecule has 32 heavy (non-hydrogen) atoms. The van der Waals surface area contributed by atoms with Gasteiger partial charge < -0.3 is 19.5 Å². The molecule has 9 heteroatoms. The highest BCUT2D eigenvalue weighted by Crippen LogP contribution is 2.35. The van der Waals surface area contributed by atoms with Crippen LogP contribution in [0.2, 0.25) is 0 Å². The molecule has 1 aliphatic rings. The van der Waals surface area contributed by atoms with E-state index in [9.17, 15) is 14.9 Å². The first-order valence-electron chi connectivity index (χ1n) is 10.6. The molecule has 2 aromatic carbocycles. The number of nitro benzene ring substituents is 1. The number of hydrogen-bond acceptors (Lipinski definition) is 7. The number of nitrogens with zero attached hydrogens (tertiary/aromatic N) is 2. The van der Waals surface area contributed by atoms with Gasteiger partial charge in [0.1, 0.15) is 12.2 Å². The summed E-state index contributed by atoms with van der Waals surface area (Å²) in [5, 5.41) is 14.6. The number of rotatable bonds is 10. The lowest BCUT2D eigenvalue weighted by molar-refractivity contribution is -0.385. The highest BCUT2D eigenvalue weighted by molar-refractivity contribution is 5.99. The van der Waals surface area contributed by atoms with E-state index in [1.165, 1.54) is 31.9 Å². The van der Waals surface area contributed by atoms with Crippen LogP contribution in [0.1, 0.15) is 28.8 Å². The molecule has 9 nitrogen and oxygen atoms in total. The smallest absolute Gasteiger partial charge is 0.286 e. The van der Waals surface area contributed by atoms with Crippen molar-refractivity contribution >= 4 is 11.6 Å². The molecule has 0 bridgehead atoms. The molecule has 1 heterocycles. The van der Waals surface area contributed by atoms with E-state index in [0.717, 1.165) is 32.5 Å². The zero-order chi connectivity index (χ0) is 22.9. The highest BCUT2D eigenvalue weighted by atomic mass is 16.6. The van der Waals surface area contributed by atoms with Crippen LogP contribution >= 0.6 is 0 Å². The van der Waals surface area contributed by atoms with E-state index < -0.39 is 10.8 Å². The summed E-state index contributed by atoms with van der Waals surface area (Å²) in [6.45, 7) is 3.09. The average Bonchev–Trinajstić information content (AvgIpc) is 2.80. The fraction of sp³-hybridized carbons (Fsp3) is 0.435. The van der Waals surface area contributed by atoms with Crippen LogP contribution in [0.5, 0.6) is 11.5 Å². The Hall–Kier alpha value is -3.17. The number of nitro groups is 1. The Balaban J connectivity index is 1.64. The quantitative estimate of drug-likeness (QED) is 0.342. The molecule has 0 aliphatic carbocycles. The zero-order valence-electron chi connectivity index (χ0n) is 18.4. The Labute approximate surface area is 187 Å². The van der Waals surface area contributed by atoms with E-state index in [-0.39, 0.29) is 35.4 Å². The summed E-state index contributed by atoms with van der Waals surface area (Å²) in [6.07, 6.45) is 1.56. The first kappa shape index (κ1) is 23.5. The van der Waals surface area contributed by atoms with Crippen LogP contribution in [0, 0.1) is 10.1 Å². The number of amides is 1. The lowest BCUT2D eigenvalue weighted by Gasteiger charge is -2.32. The summed E-state index contributed by atoms with van der Waals surface area (Å²) in [5.74, 6) is -0.0310. The number of nitrogens with one attached hydrogen (secondary N) is 1. The number of carbonyl (C=O) groups excluding carboxylic acids is 1. The molecule has 1 aliphatic heterocycles. The highest BCUT2D eigenvalue weighted by Gasteiger charge is 2.27. The maximum absolute atomic E-state index is 12.9. The number of ether oxygens (including phenoxy) is 3. The summed E-state index contributed by atoms with van der Waals surface area (Å²) in [7, 11) is 2.96. The number of methoxy groups -OCH3 is 2. The van der Waals surface area contributed by atoms with Crippen LogP contribution in [-0.4, -0.2) is 62.3 Å². The van der Waals surface area contributed by atoms with Gasteiger partial charge in [0.05, 0.1) is 24.7 Å². The largest absolute Gasteiger partial charge is 0.493 e. The summed E-state index contributed by atoms with van der Waals surface area (Å²) in [4.78, 5) is 26.3. The standard InChI is InChI=1S/C23H29N3O6/c1-30-12-13-32-22-15-20(26(28)29)19(14-21(22)31-2)23(27)24-18-8-10-25(11-9-18)16-17-6-4-3-5-7-17/h3-7,14-15,18H,8-13,16H2,1-2H3,(H,24,27). The van der Waals surface area contributed by atoms with Crippen molar-refractivity contribution in [1.82, 2.24) is 10.2 Å². The summed E-state index contributed by atoms with van der Waals surface area (Å²) < 4.78 is 15.7. The predicted octanol–water partition coefficient (Wildman–Crippen LogP) is 3.02. The van der Waals surface area contributed by atoms with Crippen molar-refractivity contribution in [2.45, 2.75) is 25.4 Å². The van der Waals surface area contributed by atoms with Crippen LogP contribution in [0.15, 0.2) is 42.5 Å². The normalized spacial score (nSPS) is 14.7. The van der Waals surface area contributed by atoms with Crippen molar-refractivity contribution in [3.8, 4) is 11.5 Å². The molecule has 1 amide bonds. The molecule has 2 aromatic rings. The van der Waals surface area contributed by atoms with E-state index in [1.54, 1.807) is 0 Å². The average molecular weight is 444 g/mol. The summed E-state index contributed by atoms with van der Waals surface area (Å²) >= 11 is 0. The third-order valence-corrected chi connectivity index (χ3v) is 5.44. The van der Waals surface area contributed by atoms with Gasteiger partial charge in [-0.2, -0.15) is 0 Å². The Morgan fingerprint density at radius 3 is 2.47 bits per heavy atom. The Bertz CT molecular complexity index is 913. The fourth-order valence-electron chi connectivity index (χ4n) is 3.73. The maximum atomic E-state index is 12.9. The number of carbonyl (C=O) groups is 1. The minimum absolute atomic E-state index is 0.0437. The monoisotopic (exact) mass is 443 g/mol. The van der Waals surface area contributed by atoms with Gasteiger partial charge in [0, 0.05) is 38.9 Å². The molecule has 0 radical (unpaired) electrons. The van der Waals surface area contributed by atoms with Gasteiger partial charge in [-0.05, 0) is 18.4 Å². The van der Waals surface area contributed by atoms with E-state index in [4.69, 9.17) is 14.2 Å². The van der Waals surface area contributed by atoms with Crippen molar-refractivity contribution in [3.63, 3.8) is 0 Å². The van der Waals surface area contributed by atoms with Crippen LogP contribution in [0.25, 0.3) is 0 Å². The molecule has 1 fully saturated rings. The van der Waals surface area contributed by atoms with Gasteiger partial charge in [0.2, 0.25) is 0 Å². The molecule has 0 spiro atoms. The first-order valence-corrected chi connectivity index (χ1v) is 10.6. The molecule has 0 saturated carbocycles. The molecular weight excluding hydrogens is 414 g/mol. The van der Waals surface area contributed by atoms with Crippen molar-refractivity contribution < 1.29 is 23.9 Å². The number of piperidine rings is 1. The van der Waals surface area contributed by atoms with Crippen molar-refractivity contribution in [1.29, 1.82) is 0 Å². The third-order valence-electron chi connectivity index (χ3n) is 5.44. The summed E-state index contributed by atoms with van der Waals surface area (Å²) in [5.41, 5.74) is 0.889. The van der Waals surface area contributed by atoms with E-state index in [1.807, 2.05) is 18.2 Å². The molecular formula is C23H29N3O6. The van der Waals surface area contributed by atoms with E-state index in [2.05, 4.69) is 22.3 Å². The third kappa shape index (κ3) is 6.18. The van der Waals surface area contributed by atoms with Gasteiger partial charge in [-0.1, -0.05) is 30.3 Å². The van der Waals surface area contributed by atoms with Gasteiger partial charge in [-0.3, -0.25) is 19.8 Å². The summed E-state index contributed by atoms with van der Waals surface area (Å²) in [6, 6.07) is 12.8. The van der Waals surface area contributed by atoms with Gasteiger partial charge >= 0.3 is 0 Å². The van der Waals surface area contributed by atoms with Crippen LogP contribution in [0.4, 0.5) is 5.69 Å². The number of likely N-dealkylation sites (tertiary alicyclic amines) is 1. The molecule has 172 valence electrons. The lowest BCUT2D eigenvalue weighted by Crippen LogP contribution is -2.44. The topological polar surface area (TPSA) is 103 Å². The Kier molecular flexibility index (Phi) is 8.41. The number of hydrogen-bond donors (Lipinski definition) is 1. The molecule has 0 atom stereocenters. The van der Waals surface area contributed by atoms with Gasteiger partial charge in [-0.15, -0.1) is 0 Å². The van der Waals surface area contributed by atoms with Crippen LogP contribution < -0.4 is 14.8 Å².